The molecule has 0 saturated carbocycles. The Kier molecular flexibility index (Phi) is 6.89. The molecule has 0 amide bonds. The third kappa shape index (κ3) is 5.51. The molecule has 3 aromatic rings. The molecule has 1 aromatic heterocycles. The first-order valence-electron chi connectivity index (χ1n) is 9.27. The first-order chi connectivity index (χ1) is 13.8. The van der Waals surface area contributed by atoms with E-state index in [2.05, 4.69) is 37.9 Å². The van der Waals surface area contributed by atoms with Crippen LogP contribution in [0.15, 0.2) is 60.8 Å². The molecule has 1 heterocycles. The maximum absolute atomic E-state index is 12.1. The number of aromatic nitrogens is 3. The van der Waals surface area contributed by atoms with Crippen molar-refractivity contribution in [3.05, 3.63) is 71.9 Å². The molecule has 2 N–H and O–H groups in total. The van der Waals surface area contributed by atoms with Gasteiger partial charge in [-0.1, -0.05) is 42.5 Å². The fraction of sp³-hybridized carbons (Fsp3) is 0.238. The van der Waals surface area contributed by atoms with Gasteiger partial charge in [0.1, 0.15) is 0 Å². The fourth-order valence-electron chi connectivity index (χ4n) is 2.69. The summed E-state index contributed by atoms with van der Waals surface area (Å²) in [7, 11) is 0. The molecule has 0 atom stereocenters. The highest BCUT2D eigenvalue weighted by atomic mass is 16.5. The normalized spacial score (nSPS) is 10.3. The quantitative estimate of drug-likeness (QED) is 0.433. The molecule has 7 heteroatoms. The van der Waals surface area contributed by atoms with Crippen LogP contribution in [0.2, 0.25) is 0 Å². The molecular weight excluding hydrogens is 354 g/mol. The average Bonchev–Trinajstić information content (AvgIpc) is 2.73. The molecule has 0 bridgehead atoms. The lowest BCUT2D eigenvalue weighted by Crippen LogP contribution is -2.10. The Morgan fingerprint density at radius 2 is 1.86 bits per heavy atom. The number of hydrogen-bond donors (Lipinski definition) is 2. The van der Waals surface area contributed by atoms with Gasteiger partial charge in [-0.3, -0.25) is 0 Å². The summed E-state index contributed by atoms with van der Waals surface area (Å²) in [5.41, 5.74) is 2.35. The van der Waals surface area contributed by atoms with Crippen LogP contribution in [0, 0.1) is 0 Å². The molecule has 0 aliphatic carbocycles. The van der Waals surface area contributed by atoms with Crippen molar-refractivity contribution in [3.8, 4) is 0 Å². The Labute approximate surface area is 164 Å². The van der Waals surface area contributed by atoms with Crippen LogP contribution < -0.4 is 10.6 Å². The second-order valence-electron chi connectivity index (χ2n) is 6.07. The highest BCUT2D eigenvalue weighted by molar-refractivity contribution is 5.96. The molecule has 144 valence electrons. The molecule has 2 aromatic carbocycles. The highest BCUT2D eigenvalue weighted by Crippen LogP contribution is 2.20. The number of para-hydroxylation sites is 1. The van der Waals surface area contributed by atoms with Crippen molar-refractivity contribution in [1.29, 1.82) is 0 Å². The molecular formula is C21H23N5O2. The van der Waals surface area contributed by atoms with Gasteiger partial charge in [0.15, 0.2) is 5.82 Å². The SMILES string of the molecule is CCOC(=O)c1ccccc1Nc1cnnc(NCCCc2ccccc2)n1. The predicted octanol–water partition coefficient (Wildman–Crippen LogP) is 3.84. The number of carbonyl (C=O) groups is 1. The molecule has 0 aliphatic heterocycles. The minimum Gasteiger partial charge on any atom is -0.462 e. The van der Waals surface area contributed by atoms with Crippen molar-refractivity contribution in [2.75, 3.05) is 23.8 Å². The Balaban J connectivity index is 1.59. The van der Waals surface area contributed by atoms with Gasteiger partial charge in [0.2, 0.25) is 5.95 Å². The Hall–Kier alpha value is -3.48. The van der Waals surface area contributed by atoms with Crippen molar-refractivity contribution in [2.24, 2.45) is 0 Å². The smallest absolute Gasteiger partial charge is 0.340 e. The zero-order valence-corrected chi connectivity index (χ0v) is 15.8. The second-order valence-corrected chi connectivity index (χ2v) is 6.07. The minimum absolute atomic E-state index is 0.319. The van der Waals surface area contributed by atoms with Gasteiger partial charge in [-0.25, -0.2) is 4.79 Å². The Bertz CT molecular complexity index is 902. The van der Waals surface area contributed by atoms with Crippen molar-refractivity contribution in [1.82, 2.24) is 15.2 Å². The van der Waals surface area contributed by atoms with Crippen LogP contribution >= 0.6 is 0 Å². The summed E-state index contributed by atoms with van der Waals surface area (Å²) in [6.07, 6.45) is 3.44. The van der Waals surface area contributed by atoms with Gasteiger partial charge < -0.3 is 15.4 Å². The van der Waals surface area contributed by atoms with E-state index in [0.717, 1.165) is 19.4 Å². The topological polar surface area (TPSA) is 89.0 Å². The van der Waals surface area contributed by atoms with Crippen LogP contribution in [0.5, 0.6) is 0 Å². The number of hydrogen-bond acceptors (Lipinski definition) is 7. The van der Waals surface area contributed by atoms with E-state index in [-0.39, 0.29) is 5.97 Å². The van der Waals surface area contributed by atoms with Crippen LogP contribution in [0.4, 0.5) is 17.5 Å². The van der Waals surface area contributed by atoms with Crippen LogP contribution in [0.3, 0.4) is 0 Å². The van der Waals surface area contributed by atoms with E-state index in [1.54, 1.807) is 25.1 Å². The lowest BCUT2D eigenvalue weighted by atomic mass is 10.1. The second kappa shape index (κ2) is 10.0. The molecule has 0 saturated heterocycles. The Morgan fingerprint density at radius 1 is 1.07 bits per heavy atom. The summed E-state index contributed by atoms with van der Waals surface area (Å²) < 4.78 is 5.09. The molecule has 3 rings (SSSR count). The van der Waals surface area contributed by atoms with E-state index < -0.39 is 0 Å². The van der Waals surface area contributed by atoms with E-state index in [0.29, 0.717) is 29.6 Å². The van der Waals surface area contributed by atoms with Gasteiger partial charge in [0.05, 0.1) is 24.1 Å². The maximum Gasteiger partial charge on any atom is 0.340 e. The molecule has 0 unspecified atom stereocenters. The molecule has 0 radical (unpaired) electrons. The molecule has 0 spiro atoms. The summed E-state index contributed by atoms with van der Waals surface area (Å²) in [6.45, 7) is 2.83. The zero-order valence-electron chi connectivity index (χ0n) is 15.8. The van der Waals surface area contributed by atoms with Crippen LogP contribution in [-0.4, -0.2) is 34.3 Å². The molecule has 7 nitrogen and oxygen atoms in total. The molecule has 28 heavy (non-hydrogen) atoms. The van der Waals surface area contributed by atoms with Crippen LogP contribution in [0.1, 0.15) is 29.3 Å². The third-order valence-corrected chi connectivity index (χ3v) is 4.01. The van der Waals surface area contributed by atoms with Gasteiger partial charge in [0, 0.05) is 6.54 Å². The van der Waals surface area contributed by atoms with E-state index in [9.17, 15) is 4.79 Å². The summed E-state index contributed by atoms with van der Waals surface area (Å²) >= 11 is 0. The van der Waals surface area contributed by atoms with E-state index in [1.807, 2.05) is 24.3 Å². The van der Waals surface area contributed by atoms with Gasteiger partial charge in [-0.15, -0.1) is 5.10 Å². The number of anilines is 3. The zero-order chi connectivity index (χ0) is 19.6. The number of ether oxygens (including phenoxy) is 1. The predicted molar refractivity (Wildman–Crippen MR) is 109 cm³/mol. The van der Waals surface area contributed by atoms with E-state index >= 15 is 0 Å². The van der Waals surface area contributed by atoms with Gasteiger partial charge >= 0.3 is 5.97 Å². The minimum atomic E-state index is -0.383. The number of rotatable bonds is 9. The maximum atomic E-state index is 12.1. The average molecular weight is 377 g/mol. The number of benzene rings is 2. The summed E-state index contributed by atoms with van der Waals surface area (Å²) in [6, 6.07) is 17.4. The first kappa shape index (κ1) is 19.3. The molecule has 0 aliphatic rings. The van der Waals surface area contributed by atoms with Crippen molar-refractivity contribution < 1.29 is 9.53 Å². The monoisotopic (exact) mass is 377 g/mol. The summed E-state index contributed by atoms with van der Waals surface area (Å²) in [5.74, 6) is 0.552. The summed E-state index contributed by atoms with van der Waals surface area (Å²) in [5, 5.41) is 14.3. The van der Waals surface area contributed by atoms with E-state index in [4.69, 9.17) is 4.74 Å². The largest absolute Gasteiger partial charge is 0.462 e. The standard InChI is InChI=1S/C21H23N5O2/c1-2-28-20(27)17-12-6-7-13-18(17)24-19-15-23-26-21(25-19)22-14-8-11-16-9-4-3-5-10-16/h3-7,9-10,12-13,15H,2,8,11,14H2,1H3,(H2,22,24,25,26). The lowest BCUT2D eigenvalue weighted by molar-refractivity contribution is 0.0527. The number of nitrogens with zero attached hydrogens (tertiary/aromatic N) is 3. The number of carbonyl (C=O) groups excluding carboxylic acids is 1. The van der Waals surface area contributed by atoms with Gasteiger partial charge in [-0.2, -0.15) is 10.1 Å². The van der Waals surface area contributed by atoms with Crippen molar-refractivity contribution in [2.45, 2.75) is 19.8 Å². The number of nitrogens with one attached hydrogen (secondary N) is 2. The van der Waals surface area contributed by atoms with Gasteiger partial charge in [-0.05, 0) is 37.5 Å². The fourth-order valence-corrected chi connectivity index (χ4v) is 2.69. The van der Waals surface area contributed by atoms with E-state index in [1.165, 1.54) is 11.8 Å². The van der Waals surface area contributed by atoms with Gasteiger partial charge in [0.25, 0.3) is 0 Å². The highest BCUT2D eigenvalue weighted by Gasteiger charge is 2.12. The van der Waals surface area contributed by atoms with Crippen molar-refractivity contribution in [3.63, 3.8) is 0 Å². The lowest BCUT2D eigenvalue weighted by Gasteiger charge is -2.11. The third-order valence-electron chi connectivity index (χ3n) is 4.01. The molecule has 0 fully saturated rings. The Morgan fingerprint density at radius 3 is 2.68 bits per heavy atom. The number of aryl methyl sites for hydroxylation is 1. The number of esters is 1. The summed E-state index contributed by atoms with van der Waals surface area (Å²) in [4.78, 5) is 16.5. The first-order valence-corrected chi connectivity index (χ1v) is 9.27. The van der Waals surface area contributed by atoms with Crippen molar-refractivity contribution >= 4 is 23.4 Å². The van der Waals surface area contributed by atoms with Crippen LogP contribution in [-0.2, 0) is 11.2 Å². The van der Waals surface area contributed by atoms with Crippen LogP contribution in [0.25, 0.3) is 0 Å².